The number of amides is 1. The summed E-state index contributed by atoms with van der Waals surface area (Å²) in [5, 5.41) is 31.5. The molecule has 2 aliphatic rings. The molecule has 0 aromatic carbocycles. The Bertz CT molecular complexity index is 1630. The van der Waals surface area contributed by atoms with E-state index in [0.29, 0.717) is 11.2 Å². The minimum atomic E-state index is -5.19. The van der Waals surface area contributed by atoms with E-state index in [1.165, 1.54) is 41.7 Å². The molecule has 2 saturated heterocycles. The molecule has 0 bridgehead atoms. The molecule has 9 N–H and O–H groups in total. The summed E-state index contributed by atoms with van der Waals surface area (Å²) in [6, 6.07) is 2.89. The maximum Gasteiger partial charge on any atom is 0.479 e. The summed E-state index contributed by atoms with van der Waals surface area (Å²) in [6.07, 6.45) is -4.03. The number of anilines is 1. The number of nitrogens with two attached hydrogens (primary N) is 2. The number of hydrogen-bond acceptors (Lipinski definition) is 14. The minimum Gasteiger partial charge on any atom is -0.390 e. The van der Waals surface area contributed by atoms with Gasteiger partial charge in [-0.25, -0.2) is 23.8 Å². The molecule has 240 valence electrons. The summed E-state index contributed by atoms with van der Waals surface area (Å²) < 4.78 is 48.9. The maximum absolute atomic E-state index is 12.7. The smallest absolute Gasteiger partial charge is 0.390 e. The Hall–Kier alpha value is -2.93. The number of primary amides is 1. The van der Waals surface area contributed by atoms with Crippen LogP contribution >= 0.6 is 15.4 Å². The second kappa shape index (κ2) is 12.5. The molecule has 1 amide bonds. The standard InChI is InChI=1S/C23H31N7O12P2/c1-11-16(31)13(40-22(11)30-10-28-15-19(24)26-9-27-21(15)30)4-6-43(35,36)42-44(37,38)39-8-14-17(32)18(33)23(41-14)29-5-2-3-12(7-29)20(25)34/h2-3,5,7,9-11,13-14,16-18,22-23,31-33H,4,6,8H2,1H3,(H5-,24,25,26,27,34,35,36,37,38)/p+1/t11-,13-,14-,16+,17-,18-,22?,23-/m1/s1. The van der Waals surface area contributed by atoms with Crippen LogP contribution < -0.4 is 16.0 Å². The van der Waals surface area contributed by atoms with Crippen molar-refractivity contribution in [1.82, 2.24) is 19.5 Å². The van der Waals surface area contributed by atoms with E-state index < -0.39 is 83.0 Å². The van der Waals surface area contributed by atoms with E-state index in [1.807, 2.05) is 0 Å². The highest BCUT2D eigenvalue weighted by Crippen LogP contribution is 2.60. The number of pyridine rings is 1. The Kier molecular flexibility index (Phi) is 9.19. The molecular weight excluding hydrogens is 628 g/mol. The van der Waals surface area contributed by atoms with Crippen LogP contribution in [0, 0.1) is 5.92 Å². The summed E-state index contributed by atoms with van der Waals surface area (Å²) in [6.45, 7) is 0.889. The molecular formula is C23H32N7O12P2+. The molecule has 0 aliphatic carbocycles. The van der Waals surface area contributed by atoms with Gasteiger partial charge in [0.05, 0.1) is 31.3 Å². The first kappa shape index (κ1) is 32.5. The molecule has 3 aromatic heterocycles. The van der Waals surface area contributed by atoms with Crippen LogP contribution in [0.2, 0.25) is 0 Å². The average molecular weight is 660 g/mol. The largest absolute Gasteiger partial charge is 0.479 e. The SMILES string of the molecule is C[C@H]1C(n2cnc3c(N)ncnc32)O[C@H](CCP(=O)(O)OP(=O)(O)OC[C@H]2O[C@@H]([n+]3cccc(C(N)=O)c3)[C@H](O)[C@@H]2O)[C@H]1O. The number of imidazole rings is 1. The molecule has 19 nitrogen and oxygen atoms in total. The van der Waals surface area contributed by atoms with Crippen LogP contribution in [-0.2, 0) is 27.4 Å². The molecule has 0 spiro atoms. The van der Waals surface area contributed by atoms with E-state index in [4.69, 9.17) is 25.5 Å². The third-order valence-electron chi connectivity index (χ3n) is 7.41. The Balaban J connectivity index is 1.16. The third kappa shape index (κ3) is 6.68. The number of ether oxygens (including phenoxy) is 2. The van der Waals surface area contributed by atoms with Crippen molar-refractivity contribution >= 4 is 38.3 Å². The van der Waals surface area contributed by atoms with E-state index in [2.05, 4.69) is 19.3 Å². The molecule has 21 heteroatoms. The first-order chi connectivity index (χ1) is 20.7. The number of phosphoric ester groups is 1. The van der Waals surface area contributed by atoms with Crippen LogP contribution in [-0.4, -0.2) is 93.8 Å². The predicted molar refractivity (Wildman–Crippen MR) is 146 cm³/mol. The van der Waals surface area contributed by atoms with Gasteiger partial charge in [-0.2, -0.15) is 4.57 Å². The lowest BCUT2D eigenvalue weighted by Gasteiger charge is -2.20. The van der Waals surface area contributed by atoms with Crippen molar-refractivity contribution in [3.8, 4) is 0 Å². The number of rotatable bonds is 11. The summed E-state index contributed by atoms with van der Waals surface area (Å²) in [4.78, 5) is 44.1. The van der Waals surface area contributed by atoms with Gasteiger partial charge >= 0.3 is 15.4 Å². The van der Waals surface area contributed by atoms with Crippen molar-refractivity contribution < 1.29 is 61.9 Å². The van der Waals surface area contributed by atoms with E-state index in [9.17, 15) is 39.0 Å². The number of fused-ring (bicyclic) bond motifs is 1. The van der Waals surface area contributed by atoms with Gasteiger partial charge in [0, 0.05) is 12.0 Å². The van der Waals surface area contributed by atoms with Crippen molar-refractivity contribution in [3.05, 3.63) is 42.7 Å². The zero-order valence-corrected chi connectivity index (χ0v) is 24.9. The monoisotopic (exact) mass is 660 g/mol. The van der Waals surface area contributed by atoms with Gasteiger partial charge in [0.25, 0.3) is 12.1 Å². The van der Waals surface area contributed by atoms with E-state index in [0.717, 1.165) is 0 Å². The highest BCUT2D eigenvalue weighted by Gasteiger charge is 2.50. The van der Waals surface area contributed by atoms with Crippen molar-refractivity contribution in [2.75, 3.05) is 18.5 Å². The number of carbonyl (C=O) groups excluding carboxylic acids is 1. The zero-order valence-electron chi connectivity index (χ0n) is 23.1. The van der Waals surface area contributed by atoms with Gasteiger partial charge in [0.15, 0.2) is 30.0 Å². The molecule has 10 atom stereocenters. The summed E-state index contributed by atoms with van der Waals surface area (Å²) in [7, 11) is -9.98. The zero-order chi connectivity index (χ0) is 32.0. The van der Waals surface area contributed by atoms with Crippen LogP contribution in [0.1, 0.15) is 36.2 Å². The average Bonchev–Trinajstić information content (AvgIpc) is 3.61. The lowest BCUT2D eigenvalue weighted by molar-refractivity contribution is -0.765. The molecule has 0 saturated carbocycles. The number of aromatic nitrogens is 5. The second-order valence-electron chi connectivity index (χ2n) is 10.4. The molecule has 2 fully saturated rings. The lowest BCUT2D eigenvalue weighted by Crippen LogP contribution is -2.46. The number of phosphoric acid groups is 1. The molecule has 44 heavy (non-hydrogen) atoms. The number of hydrogen-bond donors (Lipinski definition) is 7. The molecule has 3 aromatic rings. The van der Waals surface area contributed by atoms with Crippen LogP contribution in [0.4, 0.5) is 5.82 Å². The fraction of sp³-hybridized carbons (Fsp3) is 0.522. The number of aliphatic hydroxyl groups excluding tert-OH is 3. The van der Waals surface area contributed by atoms with E-state index in [1.54, 1.807) is 11.5 Å². The lowest BCUT2D eigenvalue weighted by atomic mass is 10.0. The van der Waals surface area contributed by atoms with Crippen molar-refractivity contribution in [2.24, 2.45) is 11.7 Å². The van der Waals surface area contributed by atoms with Crippen LogP contribution in [0.3, 0.4) is 0 Å². The summed E-state index contributed by atoms with van der Waals surface area (Å²) >= 11 is 0. The summed E-state index contributed by atoms with van der Waals surface area (Å²) in [5.74, 6) is -1.09. The quantitative estimate of drug-likeness (QED) is 0.0931. The maximum atomic E-state index is 12.7. The van der Waals surface area contributed by atoms with E-state index >= 15 is 0 Å². The molecule has 2 aliphatic heterocycles. The first-order valence-electron chi connectivity index (χ1n) is 13.3. The predicted octanol–water partition coefficient (Wildman–Crippen LogP) is -1.28. The molecule has 0 radical (unpaired) electrons. The Morgan fingerprint density at radius 2 is 1.86 bits per heavy atom. The van der Waals surface area contributed by atoms with Gasteiger partial charge in [-0.3, -0.25) is 18.5 Å². The van der Waals surface area contributed by atoms with Gasteiger partial charge < -0.3 is 46.0 Å². The van der Waals surface area contributed by atoms with E-state index in [-0.39, 0.29) is 17.8 Å². The van der Waals surface area contributed by atoms with Gasteiger partial charge in [-0.1, -0.05) is 6.92 Å². The topological polar surface area (TPSA) is 289 Å². The second-order valence-corrected chi connectivity index (χ2v) is 14.0. The minimum absolute atomic E-state index is 0.0971. The Labute approximate surface area is 249 Å². The van der Waals surface area contributed by atoms with Gasteiger partial charge in [0.1, 0.15) is 35.8 Å². The van der Waals surface area contributed by atoms with Crippen LogP contribution in [0.5, 0.6) is 0 Å². The first-order valence-corrected chi connectivity index (χ1v) is 16.5. The van der Waals surface area contributed by atoms with Crippen LogP contribution in [0.15, 0.2) is 37.2 Å². The number of aliphatic hydroxyl groups is 3. The van der Waals surface area contributed by atoms with Gasteiger partial charge in [-0.05, 0) is 12.5 Å². The van der Waals surface area contributed by atoms with Crippen molar-refractivity contribution in [2.45, 2.75) is 56.3 Å². The van der Waals surface area contributed by atoms with Gasteiger partial charge in [0.2, 0.25) is 0 Å². The molecule has 5 rings (SSSR count). The fourth-order valence-electron chi connectivity index (χ4n) is 5.10. The van der Waals surface area contributed by atoms with Crippen molar-refractivity contribution in [1.29, 1.82) is 0 Å². The van der Waals surface area contributed by atoms with Crippen LogP contribution in [0.25, 0.3) is 11.2 Å². The fourth-order valence-corrected chi connectivity index (χ4v) is 7.82. The highest BCUT2D eigenvalue weighted by atomic mass is 31.3. The Morgan fingerprint density at radius 3 is 2.59 bits per heavy atom. The number of nitrogens with zero attached hydrogens (tertiary/aromatic N) is 5. The number of nitrogen functional groups attached to an aromatic ring is 1. The van der Waals surface area contributed by atoms with Crippen molar-refractivity contribution in [3.63, 3.8) is 0 Å². The normalized spacial score (nSPS) is 31.6. The Morgan fingerprint density at radius 1 is 1.11 bits per heavy atom. The molecule has 3 unspecified atom stereocenters. The molecule has 5 heterocycles. The highest BCUT2D eigenvalue weighted by molar-refractivity contribution is 7.64. The number of carbonyl (C=O) groups is 1. The third-order valence-corrected chi connectivity index (χ3v) is 10.6. The summed E-state index contributed by atoms with van der Waals surface area (Å²) in [5.41, 5.74) is 11.9. The van der Waals surface area contributed by atoms with Gasteiger partial charge in [-0.15, -0.1) is 0 Å².